The molecule has 0 atom stereocenters. The highest BCUT2D eigenvalue weighted by Crippen LogP contribution is 2.29. The summed E-state index contributed by atoms with van der Waals surface area (Å²) in [5.74, 6) is -1.49. The summed E-state index contributed by atoms with van der Waals surface area (Å²) in [7, 11) is 0. The molecular weight excluding hydrogens is 406 g/mol. The molecule has 3 aromatic rings. The van der Waals surface area contributed by atoms with Gasteiger partial charge in [0.2, 0.25) is 5.91 Å². The minimum absolute atomic E-state index is 0.0331. The maximum atomic E-state index is 13.7. The lowest BCUT2D eigenvalue weighted by atomic mass is 10.2. The first-order valence-electron chi connectivity index (χ1n) is 8.16. The van der Waals surface area contributed by atoms with E-state index in [1.165, 1.54) is 6.07 Å². The van der Waals surface area contributed by atoms with Crippen LogP contribution >= 0.6 is 23.4 Å². The molecular formula is C19H15ClF2N4OS. The van der Waals surface area contributed by atoms with Crippen LogP contribution in [0.5, 0.6) is 0 Å². The Bertz CT molecular complexity index is 1020. The molecule has 0 aliphatic heterocycles. The number of aromatic nitrogens is 3. The third kappa shape index (κ3) is 4.58. The number of hydrogen-bond donors (Lipinski definition) is 1. The van der Waals surface area contributed by atoms with Gasteiger partial charge in [0, 0.05) is 18.2 Å². The van der Waals surface area contributed by atoms with E-state index in [9.17, 15) is 13.6 Å². The molecule has 0 spiro atoms. The average molecular weight is 421 g/mol. The van der Waals surface area contributed by atoms with Crippen LogP contribution < -0.4 is 5.32 Å². The van der Waals surface area contributed by atoms with Crippen LogP contribution in [-0.2, 0) is 11.3 Å². The molecule has 0 aliphatic rings. The lowest BCUT2D eigenvalue weighted by Gasteiger charge is -2.09. The smallest absolute Gasteiger partial charge is 0.234 e. The number of halogens is 3. The number of rotatable bonds is 7. The summed E-state index contributed by atoms with van der Waals surface area (Å²) in [6, 6.07) is 10.2. The summed E-state index contributed by atoms with van der Waals surface area (Å²) >= 11 is 7.38. The largest absolute Gasteiger partial charge is 0.323 e. The fraction of sp³-hybridized carbons (Fsp3) is 0.105. The zero-order valence-corrected chi connectivity index (χ0v) is 16.1. The maximum Gasteiger partial charge on any atom is 0.234 e. The van der Waals surface area contributed by atoms with E-state index >= 15 is 0 Å². The molecule has 2 aromatic carbocycles. The Morgan fingerprint density at radius 2 is 2.04 bits per heavy atom. The summed E-state index contributed by atoms with van der Waals surface area (Å²) in [5, 5.41) is 11.7. The molecule has 144 valence electrons. The van der Waals surface area contributed by atoms with Gasteiger partial charge in [-0.2, -0.15) is 0 Å². The van der Waals surface area contributed by atoms with Crippen LogP contribution in [0.4, 0.5) is 14.5 Å². The average Bonchev–Trinajstić information content (AvgIpc) is 3.06. The van der Waals surface area contributed by atoms with Crippen LogP contribution in [0.25, 0.3) is 11.4 Å². The number of thioether (sulfide) groups is 1. The van der Waals surface area contributed by atoms with Crippen molar-refractivity contribution in [1.82, 2.24) is 14.8 Å². The highest BCUT2D eigenvalue weighted by Gasteiger charge is 2.17. The van der Waals surface area contributed by atoms with Crippen LogP contribution in [0.15, 0.2) is 60.3 Å². The monoisotopic (exact) mass is 420 g/mol. The lowest BCUT2D eigenvalue weighted by Crippen LogP contribution is -2.15. The summed E-state index contributed by atoms with van der Waals surface area (Å²) in [6.45, 7) is 4.15. The normalized spacial score (nSPS) is 10.7. The second-order valence-electron chi connectivity index (χ2n) is 5.65. The van der Waals surface area contributed by atoms with Crippen molar-refractivity contribution in [2.75, 3.05) is 11.1 Å². The molecule has 0 saturated heterocycles. The number of carbonyl (C=O) groups is 1. The van der Waals surface area contributed by atoms with Gasteiger partial charge >= 0.3 is 0 Å². The van der Waals surface area contributed by atoms with Crippen molar-refractivity contribution >= 4 is 35.0 Å². The molecule has 1 aromatic heterocycles. The topological polar surface area (TPSA) is 59.8 Å². The summed E-state index contributed by atoms with van der Waals surface area (Å²) < 4.78 is 28.4. The van der Waals surface area contributed by atoms with E-state index in [1.807, 2.05) is 18.2 Å². The van der Waals surface area contributed by atoms with Gasteiger partial charge in [-0.25, -0.2) is 8.78 Å². The number of anilines is 1. The molecule has 28 heavy (non-hydrogen) atoms. The van der Waals surface area contributed by atoms with E-state index < -0.39 is 17.5 Å². The van der Waals surface area contributed by atoms with Crippen LogP contribution in [0.2, 0.25) is 5.02 Å². The Morgan fingerprint density at radius 1 is 1.25 bits per heavy atom. The number of hydrogen-bond acceptors (Lipinski definition) is 4. The molecule has 1 amide bonds. The predicted molar refractivity (Wildman–Crippen MR) is 106 cm³/mol. The molecule has 1 N–H and O–H groups in total. The van der Waals surface area contributed by atoms with E-state index in [-0.39, 0.29) is 11.4 Å². The van der Waals surface area contributed by atoms with Crippen LogP contribution in [0.1, 0.15) is 0 Å². The Kier molecular flexibility index (Phi) is 6.43. The molecule has 1 heterocycles. The number of amides is 1. The quantitative estimate of drug-likeness (QED) is 0.441. The summed E-state index contributed by atoms with van der Waals surface area (Å²) in [6.07, 6.45) is 1.68. The minimum Gasteiger partial charge on any atom is -0.323 e. The molecule has 0 aliphatic carbocycles. The van der Waals surface area contributed by atoms with Crippen LogP contribution in [0, 0.1) is 11.6 Å². The van der Waals surface area contributed by atoms with E-state index in [0.717, 1.165) is 17.8 Å². The van der Waals surface area contributed by atoms with Gasteiger partial charge in [0.05, 0.1) is 16.5 Å². The minimum atomic E-state index is -0.839. The molecule has 0 unspecified atom stereocenters. The van der Waals surface area contributed by atoms with Gasteiger partial charge in [-0.05, 0) is 24.3 Å². The Labute approximate surface area is 169 Å². The van der Waals surface area contributed by atoms with Crippen LogP contribution in [-0.4, -0.2) is 26.4 Å². The van der Waals surface area contributed by atoms with Crippen molar-refractivity contribution in [2.24, 2.45) is 0 Å². The standard InChI is InChI=1S/C19H15ClF2N4OS/c1-2-9-26-18(13-5-3-4-6-14(13)20)24-25-19(26)28-11-17(27)23-16-8-7-12(21)10-15(16)22/h2-8,10H,1,9,11H2,(H,23,27). The van der Waals surface area contributed by atoms with Gasteiger partial charge in [-0.3, -0.25) is 9.36 Å². The number of benzene rings is 2. The van der Waals surface area contributed by atoms with Crippen molar-refractivity contribution in [1.29, 1.82) is 0 Å². The van der Waals surface area contributed by atoms with Gasteiger partial charge in [-0.1, -0.05) is 41.6 Å². The highest BCUT2D eigenvalue weighted by atomic mass is 35.5. The maximum absolute atomic E-state index is 13.7. The number of nitrogens with zero attached hydrogens (tertiary/aromatic N) is 3. The summed E-state index contributed by atoms with van der Waals surface area (Å²) in [4.78, 5) is 12.1. The molecule has 0 fully saturated rings. The number of carbonyl (C=O) groups excluding carboxylic acids is 1. The van der Waals surface area contributed by atoms with Crippen LogP contribution in [0.3, 0.4) is 0 Å². The van der Waals surface area contributed by atoms with Gasteiger partial charge < -0.3 is 5.32 Å². The Balaban J connectivity index is 1.74. The fourth-order valence-electron chi connectivity index (χ4n) is 2.44. The highest BCUT2D eigenvalue weighted by molar-refractivity contribution is 7.99. The summed E-state index contributed by atoms with van der Waals surface area (Å²) in [5.41, 5.74) is 0.625. The first kappa shape index (κ1) is 20.0. The van der Waals surface area contributed by atoms with E-state index in [2.05, 4.69) is 22.1 Å². The predicted octanol–water partition coefficient (Wildman–Crippen LogP) is 4.79. The van der Waals surface area contributed by atoms with E-state index in [0.29, 0.717) is 34.2 Å². The molecule has 0 saturated carbocycles. The van der Waals surface area contributed by atoms with Gasteiger partial charge in [-0.15, -0.1) is 16.8 Å². The van der Waals surface area contributed by atoms with Crippen molar-refractivity contribution < 1.29 is 13.6 Å². The molecule has 0 radical (unpaired) electrons. The van der Waals surface area contributed by atoms with E-state index in [4.69, 9.17) is 11.6 Å². The Morgan fingerprint density at radius 3 is 2.75 bits per heavy atom. The molecule has 3 rings (SSSR count). The van der Waals surface area contributed by atoms with Gasteiger partial charge in [0.15, 0.2) is 11.0 Å². The first-order valence-corrected chi connectivity index (χ1v) is 9.52. The number of allylic oxidation sites excluding steroid dienone is 1. The van der Waals surface area contributed by atoms with Crippen molar-refractivity contribution in [2.45, 2.75) is 11.7 Å². The second-order valence-corrected chi connectivity index (χ2v) is 7.00. The SMILES string of the molecule is C=CCn1c(SCC(=O)Nc2ccc(F)cc2F)nnc1-c1ccccc1Cl. The van der Waals surface area contributed by atoms with Gasteiger partial charge in [0.25, 0.3) is 0 Å². The molecule has 5 nitrogen and oxygen atoms in total. The van der Waals surface area contributed by atoms with Gasteiger partial charge in [0.1, 0.15) is 11.6 Å². The second kappa shape index (κ2) is 8.99. The third-order valence-electron chi connectivity index (χ3n) is 3.68. The van der Waals surface area contributed by atoms with Crippen molar-refractivity contribution in [3.63, 3.8) is 0 Å². The van der Waals surface area contributed by atoms with Crippen molar-refractivity contribution in [3.05, 3.63) is 71.8 Å². The molecule has 9 heteroatoms. The van der Waals surface area contributed by atoms with Crippen molar-refractivity contribution in [3.8, 4) is 11.4 Å². The fourth-order valence-corrected chi connectivity index (χ4v) is 3.41. The zero-order chi connectivity index (χ0) is 20.1. The third-order valence-corrected chi connectivity index (χ3v) is 4.98. The Hall–Kier alpha value is -2.71. The van der Waals surface area contributed by atoms with E-state index in [1.54, 1.807) is 16.7 Å². The first-order chi connectivity index (χ1) is 13.5. The molecule has 0 bridgehead atoms. The zero-order valence-electron chi connectivity index (χ0n) is 14.5. The number of nitrogens with one attached hydrogen (secondary N) is 1. The lowest BCUT2D eigenvalue weighted by molar-refractivity contribution is -0.113.